The second-order valence-electron chi connectivity index (χ2n) is 6.30. The maximum absolute atomic E-state index is 13.8. The fraction of sp³-hybridized carbons (Fsp3) is 0.500. The lowest BCUT2D eigenvalue weighted by Gasteiger charge is -2.39. The van der Waals surface area contributed by atoms with E-state index in [9.17, 15) is 22.0 Å². The first kappa shape index (κ1) is 23.0. The molecule has 1 aliphatic rings. The first-order valence-corrected chi connectivity index (χ1v) is 12.8. The molecule has 1 unspecified atom stereocenters. The quantitative estimate of drug-likeness (QED) is 0.140. The van der Waals surface area contributed by atoms with Gasteiger partial charge in [-0.15, -0.1) is 4.52 Å². The number of nitrogens with two attached hydrogens (primary N) is 1. The van der Waals surface area contributed by atoms with E-state index in [4.69, 9.17) is 22.1 Å². The van der Waals surface area contributed by atoms with Gasteiger partial charge < -0.3 is 0 Å². The fourth-order valence-electron chi connectivity index (χ4n) is 2.88. The number of thioether (sulfide) groups is 1. The van der Waals surface area contributed by atoms with E-state index in [1.165, 1.54) is 11.8 Å². The van der Waals surface area contributed by atoms with Gasteiger partial charge in [0.15, 0.2) is 40.4 Å². The zero-order valence-electron chi connectivity index (χ0n) is 14.5. The Balaban J connectivity index is 2.20. The van der Waals surface area contributed by atoms with Gasteiger partial charge in [-0.2, -0.15) is 11.8 Å². The Kier molecular flexibility index (Phi) is 7.72. The molecule has 11 heteroatoms. The average molecular weight is 462 g/mol. The van der Waals surface area contributed by atoms with Gasteiger partial charge in [0.05, 0.1) is 5.25 Å². The van der Waals surface area contributed by atoms with Crippen LogP contribution in [0.2, 0.25) is 0 Å². The highest BCUT2D eigenvalue weighted by Crippen LogP contribution is 2.53. The molecular weight excluding hydrogens is 444 g/mol. The second kappa shape index (κ2) is 9.05. The minimum Gasteiger partial charge on any atom is -0.298 e. The van der Waals surface area contributed by atoms with Gasteiger partial charge in [-0.3, -0.25) is 5.73 Å². The number of hydrogen-bond acceptors (Lipinski definition) is 5. The van der Waals surface area contributed by atoms with Crippen molar-refractivity contribution in [3.05, 3.63) is 41.2 Å². The Hall–Kier alpha value is -0.250. The van der Waals surface area contributed by atoms with Crippen LogP contribution in [0.25, 0.3) is 0 Å². The highest BCUT2D eigenvalue weighted by Gasteiger charge is 2.47. The predicted molar refractivity (Wildman–Crippen MR) is 104 cm³/mol. The summed E-state index contributed by atoms with van der Waals surface area (Å²) < 4.78 is 73.3. The van der Waals surface area contributed by atoms with E-state index in [0.717, 1.165) is 5.57 Å². The van der Waals surface area contributed by atoms with Crippen LogP contribution in [0.3, 0.4) is 0 Å². The SMILES string of the molecule is C=C(C)[C@@H]1CC[C@](N)(O[P+](=S)Sc2c(F)c(F)c(F)c(F)c2F)[C@@H](SC)C1. The van der Waals surface area contributed by atoms with Crippen LogP contribution < -0.4 is 5.73 Å². The van der Waals surface area contributed by atoms with Crippen molar-refractivity contribution in [1.82, 2.24) is 0 Å². The van der Waals surface area contributed by atoms with Gasteiger partial charge in [-0.05, 0) is 38.4 Å². The number of halogens is 5. The molecule has 1 aromatic rings. The fourth-order valence-corrected chi connectivity index (χ4v) is 7.51. The molecule has 0 amide bonds. The van der Waals surface area contributed by atoms with Crippen molar-refractivity contribution in [2.45, 2.75) is 42.1 Å². The first-order valence-electron chi connectivity index (χ1n) is 7.84. The molecule has 2 rings (SSSR count). The van der Waals surface area contributed by atoms with Crippen LogP contribution in [0.15, 0.2) is 17.0 Å². The number of rotatable bonds is 6. The molecule has 1 aliphatic carbocycles. The summed E-state index contributed by atoms with van der Waals surface area (Å²) in [6.07, 6.45) is 1.68. The minimum absolute atomic E-state index is 0.141. The molecular formula is C16H18F5NOPS3+. The van der Waals surface area contributed by atoms with Crippen molar-refractivity contribution in [2.75, 3.05) is 6.26 Å². The Labute approximate surface area is 168 Å². The zero-order valence-corrected chi connectivity index (χ0v) is 17.9. The van der Waals surface area contributed by atoms with E-state index >= 15 is 0 Å². The lowest BCUT2D eigenvalue weighted by Crippen LogP contribution is -2.53. The Morgan fingerprint density at radius 3 is 2.19 bits per heavy atom. The highest BCUT2D eigenvalue weighted by molar-refractivity contribution is 8.62. The largest absolute Gasteiger partial charge is 0.421 e. The van der Waals surface area contributed by atoms with Crippen molar-refractivity contribution >= 4 is 41.1 Å². The molecule has 1 fully saturated rings. The smallest absolute Gasteiger partial charge is 0.298 e. The lowest BCUT2D eigenvalue weighted by molar-refractivity contribution is 0.0509. The summed E-state index contributed by atoms with van der Waals surface area (Å²) in [4.78, 5) is -1.05. The Morgan fingerprint density at radius 1 is 1.19 bits per heavy atom. The zero-order chi connectivity index (χ0) is 20.5. The monoisotopic (exact) mass is 462 g/mol. The predicted octanol–water partition coefficient (Wildman–Crippen LogP) is 6.03. The molecule has 0 bridgehead atoms. The standard InChI is InChI=1S/C16H18F5NOPS3/c1-7(2)8-4-5-16(22,9(6-8)26-3)23-24(25)27-15-13(20)11(18)10(17)12(19)14(15)21/h8-9H,1,4-6,22H2,2-3H3/q+1/t8-,9+,16+/m1/s1. The first-order chi connectivity index (χ1) is 12.5. The third-order valence-corrected chi connectivity index (χ3v) is 8.94. The van der Waals surface area contributed by atoms with Gasteiger partial charge in [-0.25, -0.2) is 22.0 Å². The van der Waals surface area contributed by atoms with Gasteiger partial charge >= 0.3 is 6.13 Å². The maximum atomic E-state index is 13.8. The Morgan fingerprint density at radius 2 is 1.70 bits per heavy atom. The van der Waals surface area contributed by atoms with Crippen molar-refractivity contribution in [1.29, 1.82) is 0 Å². The molecule has 27 heavy (non-hydrogen) atoms. The number of allylic oxidation sites excluding steroid dienone is 1. The molecule has 1 aromatic carbocycles. The van der Waals surface area contributed by atoms with Crippen molar-refractivity contribution in [2.24, 2.45) is 11.7 Å². The molecule has 0 spiro atoms. The van der Waals surface area contributed by atoms with Gasteiger partial charge in [-0.1, -0.05) is 12.2 Å². The van der Waals surface area contributed by atoms with Gasteiger partial charge in [0.2, 0.25) is 17.6 Å². The van der Waals surface area contributed by atoms with E-state index in [-0.39, 0.29) is 11.2 Å². The van der Waals surface area contributed by atoms with E-state index in [1.807, 2.05) is 13.2 Å². The van der Waals surface area contributed by atoms with E-state index < -0.39 is 45.8 Å². The molecule has 0 aromatic heterocycles. The summed E-state index contributed by atoms with van der Waals surface area (Å²) in [5, 5.41) is -0.141. The molecule has 0 saturated heterocycles. The number of benzene rings is 1. The molecule has 0 heterocycles. The van der Waals surface area contributed by atoms with Crippen molar-refractivity contribution in [3.63, 3.8) is 0 Å². The Bertz CT molecular complexity index is 752. The average Bonchev–Trinajstić information content (AvgIpc) is 2.61. The van der Waals surface area contributed by atoms with Crippen molar-refractivity contribution < 1.29 is 26.5 Å². The van der Waals surface area contributed by atoms with E-state index in [0.29, 0.717) is 30.6 Å². The van der Waals surface area contributed by atoms with Crippen LogP contribution in [-0.4, -0.2) is 17.2 Å². The summed E-state index contributed by atoms with van der Waals surface area (Å²) in [5.74, 6) is -9.80. The molecule has 4 atom stereocenters. The van der Waals surface area contributed by atoms with Gasteiger partial charge in [0.1, 0.15) is 4.90 Å². The molecule has 2 nitrogen and oxygen atoms in total. The lowest BCUT2D eigenvalue weighted by atomic mass is 9.80. The summed E-state index contributed by atoms with van der Waals surface area (Å²) in [7, 11) is 0. The third-order valence-electron chi connectivity index (χ3n) is 4.49. The van der Waals surface area contributed by atoms with Gasteiger partial charge in [0, 0.05) is 0 Å². The molecule has 1 saturated carbocycles. The second-order valence-corrected chi connectivity index (χ2v) is 11.8. The molecule has 150 valence electrons. The van der Waals surface area contributed by atoms with Gasteiger partial charge in [0.25, 0.3) is 0 Å². The molecule has 2 N–H and O–H groups in total. The summed E-state index contributed by atoms with van der Waals surface area (Å²) >= 11 is 6.90. The van der Waals surface area contributed by atoms with Crippen LogP contribution in [0.1, 0.15) is 26.2 Å². The maximum Gasteiger partial charge on any atom is 0.421 e. The summed E-state index contributed by atoms with van der Waals surface area (Å²) in [6.45, 7) is 5.89. The summed E-state index contributed by atoms with van der Waals surface area (Å²) in [5.41, 5.74) is 6.25. The van der Waals surface area contributed by atoms with Crippen LogP contribution >= 0.6 is 29.3 Å². The molecule has 0 aliphatic heterocycles. The van der Waals surface area contributed by atoms with Crippen molar-refractivity contribution in [3.8, 4) is 0 Å². The van der Waals surface area contributed by atoms with Crippen LogP contribution in [0, 0.1) is 35.0 Å². The highest BCUT2D eigenvalue weighted by atomic mass is 32.9. The van der Waals surface area contributed by atoms with E-state index in [1.54, 1.807) is 0 Å². The van der Waals surface area contributed by atoms with E-state index in [2.05, 4.69) is 6.58 Å². The molecule has 0 radical (unpaired) electrons. The number of hydrogen-bond donors (Lipinski definition) is 1. The summed E-state index contributed by atoms with van der Waals surface area (Å²) in [6, 6.07) is 0. The van der Waals surface area contributed by atoms with Crippen LogP contribution in [0.4, 0.5) is 22.0 Å². The van der Waals surface area contributed by atoms with Crippen LogP contribution in [0.5, 0.6) is 0 Å². The normalized spacial score (nSPS) is 26.1. The minimum atomic E-state index is -2.21. The topological polar surface area (TPSA) is 35.2 Å². The third kappa shape index (κ3) is 4.85. The van der Waals surface area contributed by atoms with Crippen LogP contribution in [-0.2, 0) is 16.3 Å².